The van der Waals surface area contributed by atoms with Crippen LogP contribution in [0.2, 0.25) is 0 Å². The minimum atomic E-state index is -0.794. The van der Waals surface area contributed by atoms with Crippen LogP contribution in [0.3, 0.4) is 0 Å². The van der Waals surface area contributed by atoms with Crippen molar-refractivity contribution in [2.75, 3.05) is 0 Å². The maximum atomic E-state index is 11.2. The zero-order valence-corrected chi connectivity index (χ0v) is 8.26. The van der Waals surface area contributed by atoms with Crippen molar-refractivity contribution in [3.63, 3.8) is 0 Å². The standard InChI is InChI=1S/C10H6N2O4/c1-6(14)8-2-7(5-13)3-10(12(15)16)9(8)4-11/h2-3,5H,1H3. The van der Waals surface area contributed by atoms with Crippen molar-refractivity contribution >= 4 is 17.8 Å². The second kappa shape index (κ2) is 4.31. The number of nitriles is 1. The minimum absolute atomic E-state index is 0.00380. The van der Waals surface area contributed by atoms with E-state index in [4.69, 9.17) is 5.26 Å². The summed E-state index contributed by atoms with van der Waals surface area (Å²) >= 11 is 0. The average molecular weight is 218 g/mol. The molecule has 0 saturated carbocycles. The molecule has 16 heavy (non-hydrogen) atoms. The maximum absolute atomic E-state index is 11.2. The number of hydrogen-bond donors (Lipinski definition) is 0. The highest BCUT2D eigenvalue weighted by Crippen LogP contribution is 2.23. The molecular formula is C10H6N2O4. The van der Waals surface area contributed by atoms with Gasteiger partial charge in [-0.2, -0.15) is 5.26 Å². The first-order valence-electron chi connectivity index (χ1n) is 4.20. The van der Waals surface area contributed by atoms with Crippen LogP contribution in [0.4, 0.5) is 5.69 Å². The van der Waals surface area contributed by atoms with E-state index in [0.717, 1.165) is 6.07 Å². The first-order valence-corrected chi connectivity index (χ1v) is 4.20. The van der Waals surface area contributed by atoms with Gasteiger partial charge < -0.3 is 0 Å². The lowest BCUT2D eigenvalue weighted by Gasteiger charge is -2.01. The molecule has 1 rings (SSSR count). The summed E-state index contributed by atoms with van der Waals surface area (Å²) in [5.74, 6) is -0.497. The van der Waals surface area contributed by atoms with Crippen LogP contribution in [0.25, 0.3) is 0 Å². The Morgan fingerprint density at radius 1 is 1.56 bits per heavy atom. The van der Waals surface area contributed by atoms with Crippen LogP contribution in [-0.4, -0.2) is 17.0 Å². The number of carbonyl (C=O) groups is 2. The van der Waals surface area contributed by atoms with Gasteiger partial charge in [-0.3, -0.25) is 19.7 Å². The molecule has 0 aromatic heterocycles. The van der Waals surface area contributed by atoms with E-state index in [-0.39, 0.29) is 16.7 Å². The third-order valence-corrected chi connectivity index (χ3v) is 1.96. The van der Waals surface area contributed by atoms with Crippen molar-refractivity contribution in [1.82, 2.24) is 0 Å². The molecule has 0 saturated heterocycles. The molecule has 0 N–H and O–H groups in total. The molecule has 1 aromatic carbocycles. The molecule has 6 heteroatoms. The Kier molecular flexibility index (Phi) is 3.11. The summed E-state index contributed by atoms with van der Waals surface area (Å²) in [5, 5.41) is 19.4. The van der Waals surface area contributed by atoms with Gasteiger partial charge in [0.15, 0.2) is 5.78 Å². The number of nitrogens with zero attached hydrogens (tertiary/aromatic N) is 2. The van der Waals surface area contributed by atoms with Gasteiger partial charge in [-0.05, 0) is 13.0 Å². The van der Waals surface area contributed by atoms with Gasteiger partial charge in [-0.25, -0.2) is 0 Å². The van der Waals surface area contributed by atoms with Crippen LogP contribution in [0.1, 0.15) is 33.2 Å². The van der Waals surface area contributed by atoms with Gasteiger partial charge in [0.1, 0.15) is 17.9 Å². The zero-order chi connectivity index (χ0) is 12.3. The number of carbonyl (C=O) groups excluding carboxylic acids is 2. The van der Waals surface area contributed by atoms with Crippen LogP contribution in [-0.2, 0) is 0 Å². The van der Waals surface area contributed by atoms with E-state index < -0.39 is 16.4 Å². The normalized spacial score (nSPS) is 9.25. The van der Waals surface area contributed by atoms with Gasteiger partial charge in [0.2, 0.25) is 0 Å². The van der Waals surface area contributed by atoms with Gasteiger partial charge in [0.05, 0.1) is 4.92 Å². The number of benzene rings is 1. The number of aldehydes is 1. The van der Waals surface area contributed by atoms with E-state index >= 15 is 0 Å². The van der Waals surface area contributed by atoms with Crippen molar-refractivity contribution in [3.8, 4) is 6.07 Å². The molecule has 0 aliphatic carbocycles. The Balaban J connectivity index is 3.67. The Labute approximate surface area is 90.3 Å². The average Bonchev–Trinajstić information content (AvgIpc) is 2.26. The lowest BCUT2D eigenvalue weighted by Crippen LogP contribution is -2.03. The molecule has 1 aromatic rings. The fourth-order valence-electron chi connectivity index (χ4n) is 1.26. The first-order chi connectivity index (χ1) is 7.51. The number of nitro benzene ring substituents is 1. The van der Waals surface area contributed by atoms with Gasteiger partial charge in [-0.15, -0.1) is 0 Å². The van der Waals surface area contributed by atoms with Crippen LogP contribution >= 0.6 is 0 Å². The second-order valence-corrected chi connectivity index (χ2v) is 3.01. The van der Waals surface area contributed by atoms with Crippen LogP contribution < -0.4 is 0 Å². The summed E-state index contributed by atoms with van der Waals surface area (Å²) in [4.78, 5) is 31.6. The Hall–Kier alpha value is -2.55. The quantitative estimate of drug-likeness (QED) is 0.331. The fourth-order valence-corrected chi connectivity index (χ4v) is 1.26. The van der Waals surface area contributed by atoms with E-state index in [9.17, 15) is 19.7 Å². The predicted octanol–water partition coefficient (Wildman–Crippen LogP) is 1.48. The lowest BCUT2D eigenvalue weighted by molar-refractivity contribution is -0.385. The Morgan fingerprint density at radius 2 is 2.19 bits per heavy atom. The summed E-state index contributed by atoms with van der Waals surface area (Å²) in [6.07, 6.45) is 0.389. The maximum Gasteiger partial charge on any atom is 0.288 e. The Bertz CT molecular complexity index is 493. The largest absolute Gasteiger partial charge is 0.298 e. The summed E-state index contributed by atoms with van der Waals surface area (Å²) in [5.41, 5.74) is -0.963. The highest BCUT2D eigenvalue weighted by molar-refractivity contribution is 5.99. The highest BCUT2D eigenvalue weighted by Gasteiger charge is 2.21. The number of hydrogen-bond acceptors (Lipinski definition) is 5. The van der Waals surface area contributed by atoms with Gasteiger partial charge in [0.25, 0.3) is 5.69 Å². The van der Waals surface area contributed by atoms with E-state index in [1.165, 1.54) is 13.0 Å². The smallest absolute Gasteiger partial charge is 0.288 e. The van der Waals surface area contributed by atoms with Gasteiger partial charge in [-0.1, -0.05) is 0 Å². The van der Waals surface area contributed by atoms with Crippen molar-refractivity contribution in [2.45, 2.75) is 6.92 Å². The predicted molar refractivity (Wildman–Crippen MR) is 53.2 cm³/mol. The van der Waals surface area contributed by atoms with Crippen LogP contribution in [0.5, 0.6) is 0 Å². The summed E-state index contributed by atoms with van der Waals surface area (Å²) < 4.78 is 0. The monoisotopic (exact) mass is 218 g/mol. The number of rotatable bonds is 3. The Morgan fingerprint density at radius 3 is 2.56 bits per heavy atom. The minimum Gasteiger partial charge on any atom is -0.298 e. The molecule has 0 radical (unpaired) electrons. The number of nitro groups is 1. The highest BCUT2D eigenvalue weighted by atomic mass is 16.6. The molecule has 0 aliphatic heterocycles. The summed E-state index contributed by atoms with van der Waals surface area (Å²) in [6, 6.07) is 3.74. The fraction of sp³-hybridized carbons (Fsp3) is 0.100. The van der Waals surface area contributed by atoms with Crippen molar-refractivity contribution in [2.24, 2.45) is 0 Å². The summed E-state index contributed by atoms with van der Waals surface area (Å²) in [7, 11) is 0. The molecule has 0 aliphatic rings. The molecule has 0 bridgehead atoms. The van der Waals surface area contributed by atoms with Gasteiger partial charge >= 0.3 is 0 Å². The van der Waals surface area contributed by atoms with E-state index in [1.54, 1.807) is 6.07 Å². The molecule has 6 nitrogen and oxygen atoms in total. The van der Waals surface area contributed by atoms with E-state index in [1.807, 2.05) is 0 Å². The molecule has 80 valence electrons. The lowest BCUT2D eigenvalue weighted by atomic mass is 10.0. The molecule has 0 fully saturated rings. The molecule has 0 unspecified atom stereocenters. The van der Waals surface area contributed by atoms with Crippen molar-refractivity contribution in [3.05, 3.63) is 38.9 Å². The summed E-state index contributed by atoms with van der Waals surface area (Å²) in [6.45, 7) is 1.18. The van der Waals surface area contributed by atoms with Crippen LogP contribution in [0.15, 0.2) is 12.1 Å². The third-order valence-electron chi connectivity index (χ3n) is 1.96. The van der Waals surface area contributed by atoms with Crippen molar-refractivity contribution in [1.29, 1.82) is 5.26 Å². The SMILES string of the molecule is CC(=O)c1cc(C=O)cc([N+](=O)[O-])c1C#N. The molecule has 0 atom stereocenters. The van der Waals surface area contributed by atoms with Crippen LogP contribution in [0, 0.1) is 21.4 Å². The molecular weight excluding hydrogens is 212 g/mol. The van der Waals surface area contributed by atoms with E-state index in [0.29, 0.717) is 6.29 Å². The molecule has 0 amide bonds. The third kappa shape index (κ3) is 1.93. The first kappa shape index (κ1) is 11.5. The zero-order valence-electron chi connectivity index (χ0n) is 8.26. The number of Topliss-reactive ketones (excluding diaryl/α,β-unsaturated/α-hetero) is 1. The van der Waals surface area contributed by atoms with E-state index in [2.05, 4.69) is 0 Å². The molecule has 0 spiro atoms. The second-order valence-electron chi connectivity index (χ2n) is 3.01. The van der Waals surface area contributed by atoms with Crippen molar-refractivity contribution < 1.29 is 14.5 Å². The topological polar surface area (TPSA) is 101 Å². The molecule has 0 heterocycles. The number of ketones is 1. The van der Waals surface area contributed by atoms with Gasteiger partial charge in [0, 0.05) is 17.2 Å².